The molecule has 0 saturated carbocycles. The van der Waals surface area contributed by atoms with E-state index in [-0.39, 0.29) is 18.0 Å². The van der Waals surface area contributed by atoms with Gasteiger partial charge < -0.3 is 14.8 Å². The maximum Gasteiger partial charge on any atom is 0.262 e. The van der Waals surface area contributed by atoms with Crippen LogP contribution in [0.4, 0.5) is 0 Å². The molecule has 0 radical (unpaired) electrons. The third-order valence-electron chi connectivity index (χ3n) is 5.08. The van der Waals surface area contributed by atoms with Crippen molar-refractivity contribution in [3.05, 3.63) is 64.5 Å². The highest BCUT2D eigenvalue weighted by Crippen LogP contribution is 2.18. The van der Waals surface area contributed by atoms with Crippen LogP contribution in [0.2, 0.25) is 0 Å². The Morgan fingerprint density at radius 2 is 1.90 bits per heavy atom. The number of aromatic nitrogens is 1. The van der Waals surface area contributed by atoms with E-state index in [0.717, 1.165) is 35.5 Å². The number of carbonyl (C=O) groups excluding carboxylic acids is 2. The smallest absolute Gasteiger partial charge is 0.262 e. The second kappa shape index (κ2) is 11.0. The van der Waals surface area contributed by atoms with Gasteiger partial charge in [0.05, 0.1) is 6.54 Å². The summed E-state index contributed by atoms with van der Waals surface area (Å²) in [5.41, 5.74) is 3.97. The fraction of sp³-hybridized carbons (Fsp3) is 0.375. The van der Waals surface area contributed by atoms with Crippen molar-refractivity contribution >= 4 is 17.9 Å². The molecule has 30 heavy (non-hydrogen) atoms. The predicted octanol–water partition coefficient (Wildman–Crippen LogP) is 3.59. The Balaban J connectivity index is 2.04. The summed E-state index contributed by atoms with van der Waals surface area (Å²) >= 11 is 0. The number of nitrogens with zero attached hydrogens (tertiary/aromatic N) is 3. The van der Waals surface area contributed by atoms with Gasteiger partial charge in [-0.1, -0.05) is 37.3 Å². The summed E-state index contributed by atoms with van der Waals surface area (Å²) in [5, 5.41) is 12.1. The fourth-order valence-corrected chi connectivity index (χ4v) is 3.39. The van der Waals surface area contributed by atoms with Gasteiger partial charge in [-0.25, -0.2) is 0 Å². The van der Waals surface area contributed by atoms with Crippen LogP contribution < -0.4 is 5.32 Å². The average Bonchev–Trinajstić information content (AvgIpc) is 3.02. The average molecular weight is 407 g/mol. The number of nitrogens with one attached hydrogen (secondary N) is 1. The van der Waals surface area contributed by atoms with Gasteiger partial charge >= 0.3 is 0 Å². The normalized spacial score (nSPS) is 11.1. The number of carbonyl (C=O) groups is 2. The largest absolute Gasteiger partial charge is 0.349 e. The first-order chi connectivity index (χ1) is 14.4. The van der Waals surface area contributed by atoms with Gasteiger partial charge in [0.15, 0.2) is 0 Å². The number of likely N-dealkylation sites (N-methyl/N-ethyl adjacent to an activating group) is 1. The first-order valence-corrected chi connectivity index (χ1v) is 10.3. The first kappa shape index (κ1) is 23.0. The molecule has 1 aromatic carbocycles. The number of amides is 2. The molecule has 2 rings (SSSR count). The molecular weight excluding hydrogens is 376 g/mol. The summed E-state index contributed by atoms with van der Waals surface area (Å²) in [6.45, 7) is 9.76. The number of rotatable bonds is 9. The van der Waals surface area contributed by atoms with Gasteiger partial charge in [-0.3, -0.25) is 9.59 Å². The monoisotopic (exact) mass is 406 g/mol. The topological polar surface area (TPSA) is 78.1 Å². The van der Waals surface area contributed by atoms with Crippen molar-refractivity contribution in [2.24, 2.45) is 0 Å². The summed E-state index contributed by atoms with van der Waals surface area (Å²) in [4.78, 5) is 26.7. The molecule has 2 aromatic rings. The van der Waals surface area contributed by atoms with E-state index >= 15 is 0 Å². The van der Waals surface area contributed by atoms with Crippen molar-refractivity contribution in [2.75, 3.05) is 13.1 Å². The lowest BCUT2D eigenvalue weighted by Crippen LogP contribution is -2.40. The van der Waals surface area contributed by atoms with Gasteiger partial charge in [-0.05, 0) is 50.5 Å². The van der Waals surface area contributed by atoms with Gasteiger partial charge in [0.25, 0.3) is 5.91 Å². The van der Waals surface area contributed by atoms with Crippen LogP contribution >= 0.6 is 0 Å². The molecule has 0 saturated heterocycles. The van der Waals surface area contributed by atoms with Gasteiger partial charge in [0, 0.05) is 31.0 Å². The van der Waals surface area contributed by atoms with E-state index in [9.17, 15) is 14.9 Å². The summed E-state index contributed by atoms with van der Waals surface area (Å²) in [7, 11) is 0. The van der Waals surface area contributed by atoms with Crippen molar-refractivity contribution < 1.29 is 9.59 Å². The zero-order valence-electron chi connectivity index (χ0n) is 18.2. The lowest BCUT2D eigenvalue weighted by Gasteiger charge is -2.21. The summed E-state index contributed by atoms with van der Waals surface area (Å²) in [5.74, 6) is -0.727. The molecule has 0 unspecified atom stereocenters. The van der Waals surface area contributed by atoms with E-state index in [2.05, 4.69) is 16.8 Å². The lowest BCUT2D eigenvalue weighted by atomic mass is 10.1. The first-order valence-electron chi connectivity index (χ1n) is 10.3. The number of nitriles is 1. The Labute approximate surface area is 178 Å². The van der Waals surface area contributed by atoms with Crippen LogP contribution in [-0.2, 0) is 22.7 Å². The number of benzene rings is 1. The van der Waals surface area contributed by atoms with Gasteiger partial charge in [0.2, 0.25) is 5.91 Å². The minimum absolute atomic E-state index is 0.00865. The highest BCUT2D eigenvalue weighted by molar-refractivity contribution is 6.03. The van der Waals surface area contributed by atoms with Crippen molar-refractivity contribution in [3.8, 4) is 6.07 Å². The van der Waals surface area contributed by atoms with E-state index < -0.39 is 5.91 Å². The van der Waals surface area contributed by atoms with Crippen molar-refractivity contribution in [1.29, 1.82) is 5.26 Å². The molecule has 0 spiro atoms. The number of aryl methyl sites for hydroxylation is 1. The third kappa shape index (κ3) is 5.84. The zero-order valence-corrected chi connectivity index (χ0v) is 18.2. The van der Waals surface area contributed by atoms with E-state index in [1.807, 2.05) is 63.2 Å². The zero-order chi connectivity index (χ0) is 22.1. The summed E-state index contributed by atoms with van der Waals surface area (Å²) in [6.07, 6.45) is 2.60. The molecule has 0 bridgehead atoms. The molecule has 0 aliphatic heterocycles. The highest BCUT2D eigenvalue weighted by atomic mass is 16.2. The maximum absolute atomic E-state index is 12.5. The Morgan fingerprint density at radius 3 is 2.50 bits per heavy atom. The quantitative estimate of drug-likeness (QED) is 0.511. The Morgan fingerprint density at radius 1 is 1.20 bits per heavy atom. The van der Waals surface area contributed by atoms with Crippen LogP contribution in [0.5, 0.6) is 0 Å². The highest BCUT2D eigenvalue weighted by Gasteiger charge is 2.16. The van der Waals surface area contributed by atoms with Crippen LogP contribution in [0.25, 0.3) is 6.08 Å². The number of hydrogen-bond donors (Lipinski definition) is 1. The predicted molar refractivity (Wildman–Crippen MR) is 118 cm³/mol. The minimum Gasteiger partial charge on any atom is -0.349 e. The molecular formula is C24H30N4O2. The molecule has 158 valence electrons. The molecule has 6 nitrogen and oxygen atoms in total. The molecule has 1 heterocycles. The van der Waals surface area contributed by atoms with Crippen molar-refractivity contribution in [2.45, 2.75) is 47.2 Å². The molecule has 0 atom stereocenters. The molecule has 6 heteroatoms. The molecule has 1 aromatic heterocycles. The minimum atomic E-state index is -0.540. The maximum atomic E-state index is 12.5. The van der Waals surface area contributed by atoms with E-state index in [1.165, 1.54) is 0 Å². The molecule has 0 aliphatic rings. The lowest BCUT2D eigenvalue weighted by molar-refractivity contribution is -0.132. The number of hydrogen-bond acceptors (Lipinski definition) is 3. The van der Waals surface area contributed by atoms with Crippen LogP contribution in [0, 0.1) is 25.2 Å². The van der Waals surface area contributed by atoms with Crippen LogP contribution in [0.15, 0.2) is 42.0 Å². The van der Waals surface area contributed by atoms with E-state index in [1.54, 1.807) is 11.0 Å². The standard InChI is InChI=1S/C24H30N4O2/c1-5-12-28-18(3)13-21(19(28)4)14-22(15-25)24(30)26-16-23(29)27(6-2)17-20-10-8-7-9-11-20/h7-11,13-14H,5-6,12,16-17H2,1-4H3,(H,26,30)/b22-14+. The van der Waals surface area contributed by atoms with Crippen molar-refractivity contribution in [3.63, 3.8) is 0 Å². The van der Waals surface area contributed by atoms with Gasteiger partial charge in [-0.2, -0.15) is 5.26 Å². The Hall–Kier alpha value is -3.33. The Bertz CT molecular complexity index is 952. The third-order valence-corrected chi connectivity index (χ3v) is 5.08. The van der Waals surface area contributed by atoms with Gasteiger partial charge in [-0.15, -0.1) is 0 Å². The van der Waals surface area contributed by atoms with Gasteiger partial charge in [0.1, 0.15) is 11.6 Å². The second-order valence-electron chi connectivity index (χ2n) is 7.22. The second-order valence-corrected chi connectivity index (χ2v) is 7.22. The fourth-order valence-electron chi connectivity index (χ4n) is 3.39. The summed E-state index contributed by atoms with van der Waals surface area (Å²) < 4.78 is 2.17. The van der Waals surface area contributed by atoms with Crippen LogP contribution in [-0.4, -0.2) is 34.4 Å². The molecule has 1 N–H and O–H groups in total. The molecule has 0 fully saturated rings. The van der Waals surface area contributed by atoms with Crippen molar-refractivity contribution in [1.82, 2.24) is 14.8 Å². The van der Waals surface area contributed by atoms with Crippen LogP contribution in [0.3, 0.4) is 0 Å². The Kier molecular flexibility index (Phi) is 8.42. The van der Waals surface area contributed by atoms with E-state index in [4.69, 9.17) is 0 Å². The van der Waals surface area contributed by atoms with E-state index in [0.29, 0.717) is 13.1 Å². The molecule has 2 amide bonds. The summed E-state index contributed by atoms with van der Waals surface area (Å²) in [6, 6.07) is 13.6. The van der Waals surface area contributed by atoms with Crippen LogP contribution in [0.1, 0.15) is 42.8 Å². The molecule has 0 aliphatic carbocycles. The SMILES string of the molecule is CCCn1c(C)cc(/C=C(\C#N)C(=O)NCC(=O)N(CC)Cc2ccccc2)c1C.